The molecule has 1 fully saturated rings. The van der Waals surface area contributed by atoms with Gasteiger partial charge in [0.25, 0.3) is 5.91 Å². The summed E-state index contributed by atoms with van der Waals surface area (Å²) in [7, 11) is 0. The van der Waals surface area contributed by atoms with Crippen molar-refractivity contribution in [3.63, 3.8) is 0 Å². The zero-order valence-electron chi connectivity index (χ0n) is 7.29. The zero-order valence-corrected chi connectivity index (χ0v) is 7.29. The molecular weight excluding hydrogens is 166 g/mol. The molecule has 3 rings (SSSR count). The molecule has 1 saturated carbocycles. The van der Waals surface area contributed by atoms with Crippen LogP contribution in [0, 0.1) is 0 Å². The molecule has 68 valence electrons. The predicted molar refractivity (Wildman–Crippen MR) is 46.3 cm³/mol. The summed E-state index contributed by atoms with van der Waals surface area (Å²) in [5.74, 6) is -0.0203. The highest BCUT2D eigenvalue weighted by Crippen LogP contribution is 2.31. The Morgan fingerprint density at radius 1 is 1.54 bits per heavy atom. The number of carbonyl (C=O) groups is 1. The molecule has 1 aliphatic carbocycles. The van der Waals surface area contributed by atoms with E-state index in [1.807, 2.05) is 10.9 Å². The fourth-order valence-corrected chi connectivity index (χ4v) is 1.85. The minimum Gasteiger partial charge on any atom is -0.346 e. The monoisotopic (exact) mass is 177 g/mol. The number of aromatic nitrogens is 2. The number of rotatable bonds is 1. The van der Waals surface area contributed by atoms with Gasteiger partial charge in [-0.3, -0.25) is 9.48 Å². The van der Waals surface area contributed by atoms with E-state index in [0.29, 0.717) is 18.3 Å². The van der Waals surface area contributed by atoms with Crippen molar-refractivity contribution in [1.82, 2.24) is 15.1 Å². The lowest BCUT2D eigenvalue weighted by atomic mass is 9.93. The van der Waals surface area contributed by atoms with Gasteiger partial charge >= 0.3 is 0 Å². The van der Waals surface area contributed by atoms with Crippen molar-refractivity contribution in [3.8, 4) is 0 Å². The summed E-state index contributed by atoms with van der Waals surface area (Å²) in [6, 6.07) is 0.554. The van der Waals surface area contributed by atoms with E-state index >= 15 is 0 Å². The third-order valence-electron chi connectivity index (χ3n) is 2.91. The van der Waals surface area contributed by atoms with Gasteiger partial charge in [0.15, 0.2) is 5.69 Å². The van der Waals surface area contributed by atoms with Gasteiger partial charge in [0.05, 0.1) is 6.04 Å². The van der Waals surface area contributed by atoms with Gasteiger partial charge in [-0.2, -0.15) is 5.10 Å². The normalized spacial score (nSPS) is 21.1. The van der Waals surface area contributed by atoms with Crippen LogP contribution < -0.4 is 5.32 Å². The van der Waals surface area contributed by atoms with Crippen LogP contribution in [0.25, 0.3) is 0 Å². The second kappa shape index (κ2) is 2.34. The Labute approximate surface area is 75.9 Å². The Morgan fingerprint density at radius 3 is 3.00 bits per heavy atom. The summed E-state index contributed by atoms with van der Waals surface area (Å²) in [6.45, 7) is 0.654. The average Bonchev–Trinajstić information content (AvgIpc) is 2.51. The molecule has 0 aromatic carbocycles. The average molecular weight is 177 g/mol. The highest BCUT2D eigenvalue weighted by atomic mass is 16.2. The second-order valence-corrected chi connectivity index (χ2v) is 3.75. The minimum atomic E-state index is -0.0203. The number of hydrogen-bond acceptors (Lipinski definition) is 2. The number of carbonyl (C=O) groups excluding carboxylic acids is 1. The molecule has 0 spiro atoms. The molecule has 4 heteroatoms. The molecule has 2 heterocycles. The van der Waals surface area contributed by atoms with E-state index in [9.17, 15) is 4.79 Å². The topological polar surface area (TPSA) is 46.9 Å². The predicted octanol–water partition coefficient (Wildman–Crippen LogP) is 0.852. The van der Waals surface area contributed by atoms with Crippen molar-refractivity contribution in [2.45, 2.75) is 31.8 Å². The first-order chi connectivity index (χ1) is 6.34. The molecule has 0 bridgehead atoms. The quantitative estimate of drug-likeness (QED) is 0.691. The highest BCUT2D eigenvalue weighted by Gasteiger charge is 2.27. The van der Waals surface area contributed by atoms with E-state index in [1.165, 1.54) is 19.3 Å². The van der Waals surface area contributed by atoms with Gasteiger partial charge in [0.1, 0.15) is 0 Å². The van der Waals surface area contributed by atoms with Gasteiger partial charge in [-0.05, 0) is 19.3 Å². The van der Waals surface area contributed by atoms with Crippen LogP contribution in [-0.2, 0) is 6.54 Å². The second-order valence-electron chi connectivity index (χ2n) is 3.75. The van der Waals surface area contributed by atoms with Gasteiger partial charge in [0.2, 0.25) is 0 Å². The summed E-state index contributed by atoms with van der Waals surface area (Å²) in [5.41, 5.74) is 1.68. The fourth-order valence-electron chi connectivity index (χ4n) is 1.85. The Morgan fingerprint density at radius 2 is 2.38 bits per heavy atom. The molecule has 13 heavy (non-hydrogen) atoms. The van der Waals surface area contributed by atoms with Crippen molar-refractivity contribution in [2.24, 2.45) is 0 Å². The number of hydrogen-bond donors (Lipinski definition) is 1. The highest BCUT2D eigenvalue weighted by molar-refractivity contribution is 5.96. The third-order valence-corrected chi connectivity index (χ3v) is 2.91. The van der Waals surface area contributed by atoms with E-state index in [4.69, 9.17) is 0 Å². The number of nitrogens with one attached hydrogen (secondary N) is 1. The van der Waals surface area contributed by atoms with Crippen LogP contribution in [0.5, 0.6) is 0 Å². The van der Waals surface area contributed by atoms with Gasteiger partial charge in [-0.1, -0.05) is 0 Å². The van der Waals surface area contributed by atoms with Crippen molar-refractivity contribution in [3.05, 3.63) is 17.5 Å². The summed E-state index contributed by atoms with van der Waals surface area (Å²) in [6.07, 6.45) is 5.73. The standard InChI is InChI=1S/C9H11N3O/c13-9-8-6(4-10-9)5-12(11-8)7-2-1-3-7/h5,7H,1-4H2,(H,10,13). The molecule has 0 saturated heterocycles. The Kier molecular flexibility index (Phi) is 1.28. The molecule has 1 amide bonds. The van der Waals surface area contributed by atoms with Gasteiger partial charge in [0, 0.05) is 18.3 Å². The molecule has 1 aromatic rings. The van der Waals surface area contributed by atoms with Gasteiger partial charge in [-0.25, -0.2) is 0 Å². The lowest BCUT2D eigenvalue weighted by Crippen LogP contribution is -2.20. The lowest BCUT2D eigenvalue weighted by Gasteiger charge is -2.25. The van der Waals surface area contributed by atoms with E-state index in [-0.39, 0.29) is 5.91 Å². The Hall–Kier alpha value is -1.32. The van der Waals surface area contributed by atoms with Crippen molar-refractivity contribution in [1.29, 1.82) is 0 Å². The molecule has 1 aromatic heterocycles. The smallest absolute Gasteiger partial charge is 0.272 e. The van der Waals surface area contributed by atoms with Gasteiger partial charge in [-0.15, -0.1) is 0 Å². The maximum absolute atomic E-state index is 11.2. The molecule has 0 unspecified atom stereocenters. The van der Waals surface area contributed by atoms with Crippen LogP contribution in [0.4, 0.5) is 0 Å². The SMILES string of the molecule is O=C1NCc2cn(C3CCC3)nc21. The van der Waals surface area contributed by atoms with Crippen LogP contribution in [0.3, 0.4) is 0 Å². The maximum Gasteiger partial charge on any atom is 0.272 e. The molecule has 0 atom stereocenters. The Balaban J connectivity index is 1.97. The fraction of sp³-hybridized carbons (Fsp3) is 0.556. The molecule has 1 aliphatic heterocycles. The largest absolute Gasteiger partial charge is 0.346 e. The lowest BCUT2D eigenvalue weighted by molar-refractivity contribution is 0.0958. The molecule has 1 N–H and O–H groups in total. The zero-order chi connectivity index (χ0) is 8.84. The van der Waals surface area contributed by atoms with Crippen LogP contribution in [-0.4, -0.2) is 15.7 Å². The van der Waals surface area contributed by atoms with Crippen LogP contribution in [0.15, 0.2) is 6.20 Å². The van der Waals surface area contributed by atoms with Crippen LogP contribution in [0.2, 0.25) is 0 Å². The maximum atomic E-state index is 11.2. The summed E-state index contributed by atoms with van der Waals surface area (Å²) in [4.78, 5) is 11.2. The first-order valence-electron chi connectivity index (χ1n) is 4.71. The van der Waals surface area contributed by atoms with E-state index in [1.54, 1.807) is 0 Å². The van der Waals surface area contributed by atoms with Crippen LogP contribution >= 0.6 is 0 Å². The molecule has 2 aliphatic rings. The summed E-state index contributed by atoms with van der Waals surface area (Å²) in [5, 5.41) is 7.05. The minimum absolute atomic E-state index is 0.0203. The van der Waals surface area contributed by atoms with Crippen molar-refractivity contribution < 1.29 is 4.79 Å². The van der Waals surface area contributed by atoms with E-state index < -0.39 is 0 Å². The third kappa shape index (κ3) is 0.913. The number of fused-ring (bicyclic) bond motifs is 1. The van der Waals surface area contributed by atoms with Crippen molar-refractivity contribution >= 4 is 5.91 Å². The van der Waals surface area contributed by atoms with Gasteiger partial charge < -0.3 is 5.32 Å². The van der Waals surface area contributed by atoms with Crippen LogP contribution in [0.1, 0.15) is 41.4 Å². The number of amides is 1. The molecular formula is C9H11N3O. The summed E-state index contributed by atoms with van der Waals surface area (Å²) < 4.78 is 1.97. The molecule has 0 radical (unpaired) electrons. The number of nitrogens with zero attached hydrogens (tertiary/aromatic N) is 2. The van der Waals surface area contributed by atoms with E-state index in [0.717, 1.165) is 5.56 Å². The Bertz CT molecular complexity index is 365. The first-order valence-corrected chi connectivity index (χ1v) is 4.71. The summed E-state index contributed by atoms with van der Waals surface area (Å²) >= 11 is 0. The van der Waals surface area contributed by atoms with Crippen molar-refractivity contribution in [2.75, 3.05) is 0 Å². The first kappa shape index (κ1) is 7.12. The molecule has 4 nitrogen and oxygen atoms in total. The van der Waals surface area contributed by atoms with E-state index in [2.05, 4.69) is 10.4 Å².